The normalized spacial score (nSPS) is 13.0. The minimum atomic E-state index is -0.803. The van der Waals surface area contributed by atoms with Gasteiger partial charge in [0.25, 0.3) is 0 Å². The highest BCUT2D eigenvalue weighted by atomic mass is 16.6. The van der Waals surface area contributed by atoms with Crippen LogP contribution in [0.1, 0.15) is 220 Å². The Hall–Kier alpha value is -3.93. The third-order valence-corrected chi connectivity index (χ3v) is 10.7. The molecular formula is C58H94O6. The van der Waals surface area contributed by atoms with Gasteiger partial charge in [0.2, 0.25) is 0 Å². The molecule has 0 fully saturated rings. The number of unbranched alkanes of at least 4 members (excludes halogenated alkanes) is 22. The summed E-state index contributed by atoms with van der Waals surface area (Å²) in [6.45, 7) is 6.30. The molecule has 0 N–H and O–H groups in total. The second-order valence-electron chi connectivity index (χ2n) is 16.8. The van der Waals surface area contributed by atoms with Gasteiger partial charge < -0.3 is 14.2 Å². The minimum Gasteiger partial charge on any atom is -0.462 e. The largest absolute Gasteiger partial charge is 0.462 e. The monoisotopic (exact) mass is 887 g/mol. The van der Waals surface area contributed by atoms with Crippen LogP contribution in [0.15, 0.2) is 109 Å². The van der Waals surface area contributed by atoms with Crippen molar-refractivity contribution in [3.8, 4) is 0 Å². The number of allylic oxidation sites excluding steroid dienone is 18. The molecule has 6 nitrogen and oxygen atoms in total. The highest BCUT2D eigenvalue weighted by Crippen LogP contribution is 2.14. The number of hydrogen-bond acceptors (Lipinski definition) is 6. The highest BCUT2D eigenvalue weighted by molar-refractivity contribution is 5.71. The van der Waals surface area contributed by atoms with Gasteiger partial charge in [-0.05, 0) is 83.5 Å². The van der Waals surface area contributed by atoms with E-state index in [1.807, 2.05) is 0 Å². The number of carbonyl (C=O) groups is 3. The molecule has 0 bridgehead atoms. The Kier molecular flexibility index (Phi) is 48.5. The van der Waals surface area contributed by atoms with Crippen LogP contribution in [-0.2, 0) is 28.6 Å². The SMILES string of the molecule is CC\C=C/C=C\C=C/CCCCCCCCCC(=O)OC(COC(=O)CCCCCCC\C=C/C=C\C=C/CC)COC(=O)CCCCCCC\C=C/C=C\C=C/CCCCCCC. The highest BCUT2D eigenvalue weighted by Gasteiger charge is 2.19. The molecule has 0 aromatic rings. The maximum Gasteiger partial charge on any atom is 0.306 e. The second-order valence-corrected chi connectivity index (χ2v) is 16.8. The Morgan fingerprint density at radius 1 is 0.328 bits per heavy atom. The van der Waals surface area contributed by atoms with Crippen molar-refractivity contribution >= 4 is 17.9 Å². The van der Waals surface area contributed by atoms with Crippen LogP contribution in [0.25, 0.3) is 0 Å². The van der Waals surface area contributed by atoms with Crippen LogP contribution in [0, 0.1) is 0 Å². The summed E-state index contributed by atoms with van der Waals surface area (Å²) in [7, 11) is 0. The van der Waals surface area contributed by atoms with Gasteiger partial charge in [-0.15, -0.1) is 0 Å². The molecule has 0 rings (SSSR count). The van der Waals surface area contributed by atoms with Crippen LogP contribution in [0.2, 0.25) is 0 Å². The average Bonchev–Trinajstić information content (AvgIpc) is 3.29. The van der Waals surface area contributed by atoms with Gasteiger partial charge in [0.05, 0.1) is 0 Å². The van der Waals surface area contributed by atoms with Gasteiger partial charge in [-0.1, -0.05) is 226 Å². The lowest BCUT2D eigenvalue weighted by Gasteiger charge is -2.18. The van der Waals surface area contributed by atoms with E-state index in [1.54, 1.807) is 0 Å². The molecule has 1 unspecified atom stereocenters. The van der Waals surface area contributed by atoms with Crippen LogP contribution >= 0.6 is 0 Å². The molecule has 0 radical (unpaired) electrons. The number of rotatable bonds is 45. The number of esters is 3. The maximum atomic E-state index is 12.8. The summed E-state index contributed by atoms with van der Waals surface area (Å²) < 4.78 is 16.8. The molecule has 0 spiro atoms. The van der Waals surface area contributed by atoms with Gasteiger partial charge in [-0.25, -0.2) is 0 Å². The Labute approximate surface area is 393 Å². The predicted octanol–water partition coefficient (Wildman–Crippen LogP) is 17.1. The van der Waals surface area contributed by atoms with E-state index in [2.05, 4.69) is 130 Å². The number of carbonyl (C=O) groups excluding carboxylic acids is 3. The summed E-state index contributed by atoms with van der Waals surface area (Å²) in [5, 5.41) is 0. The van der Waals surface area contributed by atoms with E-state index in [1.165, 1.54) is 51.4 Å². The van der Waals surface area contributed by atoms with Crippen LogP contribution in [-0.4, -0.2) is 37.2 Å². The molecule has 0 heterocycles. The lowest BCUT2D eigenvalue weighted by Crippen LogP contribution is -2.30. The van der Waals surface area contributed by atoms with Crippen molar-refractivity contribution in [3.05, 3.63) is 109 Å². The smallest absolute Gasteiger partial charge is 0.306 e. The summed E-state index contributed by atoms with van der Waals surface area (Å²) in [6.07, 6.45) is 69.2. The summed E-state index contributed by atoms with van der Waals surface area (Å²) in [5.41, 5.74) is 0. The molecule has 362 valence electrons. The molecule has 6 heteroatoms. The first kappa shape index (κ1) is 60.1. The zero-order valence-electron chi connectivity index (χ0n) is 41.3. The first-order valence-corrected chi connectivity index (χ1v) is 26.0. The minimum absolute atomic E-state index is 0.103. The summed E-state index contributed by atoms with van der Waals surface area (Å²) in [5.74, 6) is -0.959. The fourth-order valence-electron chi connectivity index (χ4n) is 6.80. The molecule has 64 heavy (non-hydrogen) atoms. The fourth-order valence-corrected chi connectivity index (χ4v) is 6.80. The predicted molar refractivity (Wildman–Crippen MR) is 274 cm³/mol. The van der Waals surface area contributed by atoms with E-state index in [9.17, 15) is 14.4 Å². The Bertz CT molecular complexity index is 1340. The zero-order valence-corrected chi connectivity index (χ0v) is 41.3. The topological polar surface area (TPSA) is 78.9 Å². The first-order valence-electron chi connectivity index (χ1n) is 26.0. The number of hydrogen-bond donors (Lipinski definition) is 0. The van der Waals surface area contributed by atoms with Crippen molar-refractivity contribution in [2.24, 2.45) is 0 Å². The number of ether oxygens (including phenoxy) is 3. The molecule has 0 saturated heterocycles. The van der Waals surface area contributed by atoms with Gasteiger partial charge in [-0.3, -0.25) is 14.4 Å². The summed E-state index contributed by atoms with van der Waals surface area (Å²) in [6, 6.07) is 0. The zero-order chi connectivity index (χ0) is 46.5. The molecule has 0 amide bonds. The second kappa shape index (κ2) is 51.7. The fraction of sp³-hybridized carbons (Fsp3) is 0.638. The van der Waals surface area contributed by atoms with Crippen molar-refractivity contribution in [1.29, 1.82) is 0 Å². The summed E-state index contributed by atoms with van der Waals surface area (Å²) in [4.78, 5) is 38.0. The molecule has 0 aliphatic carbocycles. The Morgan fingerprint density at radius 2 is 0.609 bits per heavy atom. The maximum absolute atomic E-state index is 12.8. The van der Waals surface area contributed by atoms with Crippen LogP contribution in [0.5, 0.6) is 0 Å². The molecule has 0 aliphatic heterocycles. The standard InChI is InChI=1S/C58H94O6/c1-4-7-10-13-16-19-22-25-27-28-29-31-33-36-39-42-45-48-51-57(60)63-54-55(53-62-56(59)50-47-44-41-38-35-32-24-21-18-15-12-9-6-3)64-58(61)52-49-46-43-40-37-34-30-26-23-20-17-14-11-8-5-2/h8-9,11-12,14-15,17-18,20-25,27-29,31,55H,4-7,10,13,16,19,26,30,32-54H2,1-3H3/b11-8-,12-9-,17-14-,18-15-,23-20-,24-21-,25-22-,28-27-,31-29-. The first-order chi connectivity index (χ1) is 31.5. The van der Waals surface area contributed by atoms with E-state index in [-0.39, 0.29) is 31.1 Å². The molecule has 0 aromatic heterocycles. The molecule has 0 saturated carbocycles. The van der Waals surface area contributed by atoms with E-state index in [4.69, 9.17) is 14.2 Å². The van der Waals surface area contributed by atoms with Crippen molar-refractivity contribution in [1.82, 2.24) is 0 Å². The van der Waals surface area contributed by atoms with Crippen molar-refractivity contribution < 1.29 is 28.6 Å². The van der Waals surface area contributed by atoms with E-state index in [0.29, 0.717) is 19.3 Å². The van der Waals surface area contributed by atoms with Gasteiger partial charge in [0, 0.05) is 19.3 Å². The van der Waals surface area contributed by atoms with Gasteiger partial charge in [-0.2, -0.15) is 0 Å². The van der Waals surface area contributed by atoms with Gasteiger partial charge in [0.15, 0.2) is 6.10 Å². The third kappa shape index (κ3) is 49.1. The van der Waals surface area contributed by atoms with E-state index in [0.717, 1.165) is 128 Å². The molecule has 0 aliphatic rings. The van der Waals surface area contributed by atoms with Crippen molar-refractivity contribution in [3.63, 3.8) is 0 Å². The van der Waals surface area contributed by atoms with E-state index < -0.39 is 6.10 Å². The van der Waals surface area contributed by atoms with Gasteiger partial charge >= 0.3 is 17.9 Å². The summed E-state index contributed by atoms with van der Waals surface area (Å²) >= 11 is 0. The Balaban J connectivity index is 4.48. The molecular weight excluding hydrogens is 793 g/mol. The van der Waals surface area contributed by atoms with Gasteiger partial charge in [0.1, 0.15) is 13.2 Å². The average molecular weight is 887 g/mol. The molecule has 1 atom stereocenters. The Morgan fingerprint density at radius 3 is 0.938 bits per heavy atom. The van der Waals surface area contributed by atoms with Crippen molar-refractivity contribution in [2.45, 2.75) is 226 Å². The van der Waals surface area contributed by atoms with Crippen molar-refractivity contribution in [2.75, 3.05) is 13.2 Å². The van der Waals surface area contributed by atoms with Crippen LogP contribution in [0.4, 0.5) is 0 Å². The molecule has 0 aromatic carbocycles. The lowest BCUT2D eigenvalue weighted by atomic mass is 10.1. The van der Waals surface area contributed by atoms with Crippen LogP contribution in [0.3, 0.4) is 0 Å². The third-order valence-electron chi connectivity index (χ3n) is 10.7. The lowest BCUT2D eigenvalue weighted by molar-refractivity contribution is -0.167. The quantitative estimate of drug-likeness (QED) is 0.0262. The van der Waals surface area contributed by atoms with E-state index >= 15 is 0 Å². The van der Waals surface area contributed by atoms with Crippen LogP contribution < -0.4 is 0 Å².